The van der Waals surface area contributed by atoms with Gasteiger partial charge in [-0.3, -0.25) is 19.8 Å². The number of Topliss-reactive ketones (excluding diaryl/α,β-unsaturated/α-hetero) is 2. The molecule has 6 heteroatoms. The van der Waals surface area contributed by atoms with Crippen molar-refractivity contribution in [3.05, 3.63) is 77.9 Å². The van der Waals surface area contributed by atoms with Crippen LogP contribution in [0.1, 0.15) is 52.8 Å². The lowest BCUT2D eigenvalue weighted by atomic mass is 10.0. The minimum Gasteiger partial charge on any atom is -0.388 e. The minimum atomic E-state index is -0.610. The first-order chi connectivity index (χ1) is 15.0. The van der Waals surface area contributed by atoms with Gasteiger partial charge in [0.1, 0.15) is 0 Å². The smallest absolute Gasteiger partial charge is 0.255 e. The number of nitrogens with one attached hydrogen (secondary N) is 2. The highest BCUT2D eigenvalue weighted by Gasteiger charge is 2.20. The Bertz CT molecular complexity index is 1140. The molecule has 0 saturated heterocycles. The van der Waals surface area contributed by atoms with Crippen molar-refractivity contribution in [2.75, 3.05) is 5.32 Å². The Morgan fingerprint density at radius 3 is 2.26 bits per heavy atom. The standard InChI is InChI=1S/C25H25N3O3/c26-23(27)13-3-1-2-12-22(29)24(30)20-10-6-7-11-21(20)28-25(31)19-15-14-17-8-4-5-9-18(17)16-19/h4-11,14-16H,1-3,12-13H2,(H3,26,27)(H,28,31). The number of hydrogen-bond donors (Lipinski definition) is 3. The summed E-state index contributed by atoms with van der Waals surface area (Å²) in [5.74, 6) is -1.32. The fourth-order valence-corrected chi connectivity index (χ4v) is 3.36. The maximum absolute atomic E-state index is 12.8. The number of anilines is 1. The Kier molecular flexibility index (Phi) is 7.27. The maximum atomic E-state index is 12.8. The van der Waals surface area contributed by atoms with Crippen LogP contribution >= 0.6 is 0 Å². The van der Waals surface area contributed by atoms with E-state index in [9.17, 15) is 14.4 Å². The summed E-state index contributed by atoms with van der Waals surface area (Å²) in [4.78, 5) is 37.8. The first kappa shape index (κ1) is 21.9. The van der Waals surface area contributed by atoms with Crippen LogP contribution in [-0.4, -0.2) is 23.3 Å². The molecule has 0 aliphatic heterocycles. The molecule has 0 heterocycles. The first-order valence-corrected chi connectivity index (χ1v) is 10.3. The van der Waals surface area contributed by atoms with Gasteiger partial charge in [0.15, 0.2) is 0 Å². The molecule has 31 heavy (non-hydrogen) atoms. The van der Waals surface area contributed by atoms with Gasteiger partial charge in [0.05, 0.1) is 11.5 Å². The van der Waals surface area contributed by atoms with Gasteiger partial charge in [-0.15, -0.1) is 0 Å². The van der Waals surface area contributed by atoms with Crippen molar-refractivity contribution in [2.24, 2.45) is 5.73 Å². The summed E-state index contributed by atoms with van der Waals surface area (Å²) in [7, 11) is 0. The molecule has 0 aliphatic carbocycles. The summed E-state index contributed by atoms with van der Waals surface area (Å²) in [5.41, 5.74) is 6.28. The second-order valence-electron chi connectivity index (χ2n) is 7.40. The Hall–Kier alpha value is -3.80. The summed E-state index contributed by atoms with van der Waals surface area (Å²) in [6, 6.07) is 19.7. The molecule has 0 bridgehead atoms. The number of carbonyl (C=O) groups excluding carboxylic acids is 3. The SMILES string of the molecule is N=C(N)CCCCCC(=O)C(=O)c1ccccc1NC(=O)c1ccc2ccccc2c1. The van der Waals surface area contributed by atoms with Gasteiger partial charge in [0, 0.05) is 24.0 Å². The molecule has 3 aromatic rings. The number of benzene rings is 3. The molecule has 4 N–H and O–H groups in total. The lowest BCUT2D eigenvalue weighted by molar-refractivity contribution is -0.115. The Morgan fingerprint density at radius 2 is 1.48 bits per heavy atom. The Balaban J connectivity index is 1.67. The van der Waals surface area contributed by atoms with Gasteiger partial charge in [-0.05, 0) is 47.9 Å². The maximum Gasteiger partial charge on any atom is 0.255 e. The van der Waals surface area contributed by atoms with Crippen LogP contribution in [0, 0.1) is 5.41 Å². The van der Waals surface area contributed by atoms with Crippen LogP contribution in [0.2, 0.25) is 0 Å². The van der Waals surface area contributed by atoms with Crippen LogP contribution in [0.3, 0.4) is 0 Å². The van der Waals surface area contributed by atoms with Gasteiger partial charge in [-0.1, -0.05) is 48.9 Å². The number of unbranched alkanes of at least 4 members (excludes halogenated alkanes) is 2. The molecular weight excluding hydrogens is 390 g/mol. The van der Waals surface area contributed by atoms with Crippen molar-refractivity contribution in [2.45, 2.75) is 32.1 Å². The molecule has 1 amide bonds. The van der Waals surface area contributed by atoms with Crippen molar-refractivity contribution < 1.29 is 14.4 Å². The van der Waals surface area contributed by atoms with E-state index in [2.05, 4.69) is 5.32 Å². The Labute approximate surface area is 181 Å². The van der Waals surface area contributed by atoms with E-state index in [1.807, 2.05) is 30.3 Å². The molecule has 6 nitrogen and oxygen atoms in total. The second-order valence-corrected chi connectivity index (χ2v) is 7.40. The highest BCUT2D eigenvalue weighted by molar-refractivity contribution is 6.45. The molecule has 0 aliphatic rings. The van der Waals surface area contributed by atoms with Gasteiger partial charge in [-0.2, -0.15) is 0 Å². The third-order valence-electron chi connectivity index (χ3n) is 5.03. The zero-order valence-electron chi connectivity index (χ0n) is 17.2. The van der Waals surface area contributed by atoms with Gasteiger partial charge in [-0.25, -0.2) is 0 Å². The number of hydrogen-bond acceptors (Lipinski definition) is 4. The van der Waals surface area contributed by atoms with Gasteiger partial charge in [0.25, 0.3) is 5.91 Å². The van der Waals surface area contributed by atoms with Crippen molar-refractivity contribution in [1.29, 1.82) is 5.41 Å². The van der Waals surface area contributed by atoms with Crippen molar-refractivity contribution in [1.82, 2.24) is 0 Å². The highest BCUT2D eigenvalue weighted by atomic mass is 16.2. The van der Waals surface area contributed by atoms with E-state index in [0.29, 0.717) is 24.1 Å². The number of para-hydroxylation sites is 1. The van der Waals surface area contributed by atoms with Crippen LogP contribution in [0.5, 0.6) is 0 Å². The topological polar surface area (TPSA) is 113 Å². The lowest BCUT2D eigenvalue weighted by Crippen LogP contribution is -2.19. The molecule has 3 rings (SSSR count). The van der Waals surface area contributed by atoms with Crippen LogP contribution in [0.15, 0.2) is 66.7 Å². The monoisotopic (exact) mass is 415 g/mol. The number of fused-ring (bicyclic) bond motifs is 1. The normalized spacial score (nSPS) is 10.6. The zero-order chi connectivity index (χ0) is 22.2. The molecule has 3 aromatic carbocycles. The average Bonchev–Trinajstić information content (AvgIpc) is 2.78. The summed E-state index contributed by atoms with van der Waals surface area (Å²) in [6.45, 7) is 0. The molecular formula is C25H25N3O3. The average molecular weight is 415 g/mol. The van der Waals surface area contributed by atoms with Gasteiger partial charge >= 0.3 is 0 Å². The molecule has 0 radical (unpaired) electrons. The quantitative estimate of drug-likeness (QED) is 0.146. The van der Waals surface area contributed by atoms with Crippen LogP contribution in [0.4, 0.5) is 5.69 Å². The largest absolute Gasteiger partial charge is 0.388 e. The summed E-state index contributed by atoms with van der Waals surface area (Å²) in [5, 5.41) is 11.9. The summed E-state index contributed by atoms with van der Waals surface area (Å²) in [6.07, 6.45) is 2.62. The van der Waals surface area contributed by atoms with Crippen molar-refractivity contribution in [3.8, 4) is 0 Å². The van der Waals surface area contributed by atoms with Gasteiger partial charge < -0.3 is 11.1 Å². The molecule has 0 saturated carbocycles. The highest BCUT2D eigenvalue weighted by Crippen LogP contribution is 2.20. The summed E-state index contributed by atoms with van der Waals surface area (Å²) >= 11 is 0. The molecule has 0 spiro atoms. The molecule has 0 atom stereocenters. The molecule has 0 aromatic heterocycles. The lowest BCUT2D eigenvalue weighted by Gasteiger charge is -2.11. The number of nitrogens with two attached hydrogens (primary N) is 1. The van der Waals surface area contributed by atoms with E-state index < -0.39 is 11.6 Å². The minimum absolute atomic E-state index is 0.124. The Morgan fingerprint density at radius 1 is 0.806 bits per heavy atom. The number of amidine groups is 1. The van der Waals surface area contributed by atoms with E-state index in [1.165, 1.54) is 0 Å². The van der Waals surface area contributed by atoms with Crippen LogP contribution < -0.4 is 11.1 Å². The first-order valence-electron chi connectivity index (χ1n) is 10.3. The van der Waals surface area contributed by atoms with Crippen LogP contribution in [0.25, 0.3) is 10.8 Å². The van der Waals surface area contributed by atoms with E-state index >= 15 is 0 Å². The third-order valence-corrected chi connectivity index (χ3v) is 5.03. The molecule has 0 fully saturated rings. The van der Waals surface area contributed by atoms with E-state index in [0.717, 1.165) is 23.6 Å². The van der Waals surface area contributed by atoms with Crippen molar-refractivity contribution in [3.63, 3.8) is 0 Å². The fraction of sp³-hybridized carbons (Fsp3) is 0.200. The number of carbonyl (C=O) groups is 3. The third kappa shape index (κ3) is 5.85. The number of rotatable bonds is 10. The van der Waals surface area contributed by atoms with E-state index in [4.69, 9.17) is 11.1 Å². The van der Waals surface area contributed by atoms with E-state index in [-0.39, 0.29) is 23.7 Å². The second kappa shape index (κ2) is 10.3. The summed E-state index contributed by atoms with van der Waals surface area (Å²) < 4.78 is 0. The number of amides is 1. The predicted molar refractivity (Wildman–Crippen MR) is 123 cm³/mol. The molecule has 0 unspecified atom stereocenters. The number of ketones is 2. The predicted octanol–water partition coefficient (Wildman–Crippen LogP) is 4.73. The zero-order valence-corrected chi connectivity index (χ0v) is 17.2. The van der Waals surface area contributed by atoms with Crippen LogP contribution in [-0.2, 0) is 4.79 Å². The fourth-order valence-electron chi connectivity index (χ4n) is 3.36. The van der Waals surface area contributed by atoms with E-state index in [1.54, 1.807) is 36.4 Å². The molecule has 158 valence electrons. The van der Waals surface area contributed by atoms with Gasteiger partial charge in [0.2, 0.25) is 11.6 Å². The van der Waals surface area contributed by atoms with Crippen molar-refractivity contribution >= 4 is 39.8 Å².